The van der Waals surface area contributed by atoms with Gasteiger partial charge in [-0.15, -0.1) is 0 Å². The third-order valence-corrected chi connectivity index (χ3v) is 4.12. The molecule has 2 aromatic rings. The van der Waals surface area contributed by atoms with Crippen LogP contribution in [0.1, 0.15) is 48.2 Å². The van der Waals surface area contributed by atoms with Crippen LogP contribution in [-0.4, -0.2) is 20.9 Å². The molecule has 0 radical (unpaired) electrons. The fraction of sp³-hybridized carbons (Fsp3) is 0.412. The van der Waals surface area contributed by atoms with Gasteiger partial charge in [0.1, 0.15) is 0 Å². The number of nitrogens with two attached hydrogens (primary N) is 1. The highest BCUT2D eigenvalue weighted by molar-refractivity contribution is 5.71. The number of hydrogen-bond acceptors (Lipinski definition) is 3. The van der Waals surface area contributed by atoms with Gasteiger partial charge in [-0.25, -0.2) is 0 Å². The van der Waals surface area contributed by atoms with Crippen molar-refractivity contribution in [3.8, 4) is 0 Å². The van der Waals surface area contributed by atoms with Gasteiger partial charge in [0, 0.05) is 22.9 Å². The molecule has 116 valence electrons. The van der Waals surface area contributed by atoms with Gasteiger partial charge in [-0.1, -0.05) is 19.1 Å². The van der Waals surface area contributed by atoms with Crippen molar-refractivity contribution < 1.29 is 9.90 Å². The van der Waals surface area contributed by atoms with E-state index in [1.165, 1.54) is 0 Å². The van der Waals surface area contributed by atoms with Gasteiger partial charge in [-0.05, 0) is 37.0 Å². The smallest absolute Gasteiger partial charge is 0.307 e. The molecule has 3 rings (SSSR count). The molecule has 1 fully saturated rings. The summed E-state index contributed by atoms with van der Waals surface area (Å²) in [6, 6.07) is 7.76. The predicted octanol–water partition coefficient (Wildman–Crippen LogP) is 2.58. The number of carboxylic acids is 1. The highest BCUT2D eigenvalue weighted by Crippen LogP contribution is 2.43. The Bertz CT molecular complexity index is 685. The van der Waals surface area contributed by atoms with Crippen molar-refractivity contribution in [2.24, 2.45) is 0 Å². The molecule has 1 saturated carbocycles. The Labute approximate surface area is 129 Å². The topological polar surface area (TPSA) is 81.1 Å². The Balaban J connectivity index is 1.97. The van der Waals surface area contributed by atoms with Gasteiger partial charge in [0.05, 0.1) is 18.7 Å². The molecule has 1 aliphatic rings. The summed E-state index contributed by atoms with van der Waals surface area (Å²) >= 11 is 0. The lowest BCUT2D eigenvalue weighted by molar-refractivity contribution is -0.136. The maximum Gasteiger partial charge on any atom is 0.307 e. The highest BCUT2D eigenvalue weighted by Gasteiger charge is 2.32. The summed E-state index contributed by atoms with van der Waals surface area (Å²) in [7, 11) is 0. The second-order valence-electron chi connectivity index (χ2n) is 5.91. The molecule has 3 N–H and O–H groups in total. The molecule has 0 atom stereocenters. The molecule has 1 aromatic heterocycles. The Morgan fingerprint density at radius 3 is 2.59 bits per heavy atom. The summed E-state index contributed by atoms with van der Waals surface area (Å²) in [6.07, 6.45) is 3.08. The first-order valence-corrected chi connectivity index (χ1v) is 7.73. The van der Waals surface area contributed by atoms with E-state index in [4.69, 9.17) is 5.73 Å². The maximum atomic E-state index is 11.2. The number of anilines is 1. The number of nitrogens with zero attached hydrogens (tertiary/aromatic N) is 2. The predicted molar refractivity (Wildman–Crippen MR) is 84.9 cm³/mol. The minimum absolute atomic E-state index is 0.0662. The summed E-state index contributed by atoms with van der Waals surface area (Å²) in [6.45, 7) is 2.69. The monoisotopic (exact) mass is 299 g/mol. The zero-order valence-corrected chi connectivity index (χ0v) is 12.7. The van der Waals surface area contributed by atoms with Crippen molar-refractivity contribution >= 4 is 11.7 Å². The maximum absolute atomic E-state index is 11.2. The number of aryl methyl sites for hydroxylation is 1. The second-order valence-corrected chi connectivity index (χ2v) is 5.91. The third-order valence-electron chi connectivity index (χ3n) is 4.12. The summed E-state index contributed by atoms with van der Waals surface area (Å²) in [5.41, 5.74) is 10.6. The van der Waals surface area contributed by atoms with E-state index in [2.05, 4.69) is 5.10 Å². The van der Waals surface area contributed by atoms with Crippen LogP contribution >= 0.6 is 0 Å². The van der Waals surface area contributed by atoms with Crippen LogP contribution in [0.4, 0.5) is 5.69 Å². The van der Waals surface area contributed by atoms with Gasteiger partial charge in [0.2, 0.25) is 0 Å². The Kier molecular flexibility index (Phi) is 3.88. The number of carboxylic acid groups (broad SMARTS) is 1. The number of hydrogen-bond donors (Lipinski definition) is 2. The molecule has 1 aromatic carbocycles. The molecular formula is C17H21N3O2. The fourth-order valence-electron chi connectivity index (χ4n) is 2.92. The van der Waals surface area contributed by atoms with Crippen molar-refractivity contribution in [1.82, 2.24) is 9.78 Å². The zero-order valence-electron chi connectivity index (χ0n) is 12.7. The van der Waals surface area contributed by atoms with E-state index < -0.39 is 5.97 Å². The first kappa shape index (κ1) is 14.6. The Hall–Kier alpha value is -2.30. The van der Waals surface area contributed by atoms with E-state index in [9.17, 15) is 9.90 Å². The van der Waals surface area contributed by atoms with Gasteiger partial charge in [0.25, 0.3) is 0 Å². The lowest BCUT2D eigenvalue weighted by atomic mass is 10.0. The summed E-state index contributed by atoms with van der Waals surface area (Å²) in [5, 5.41) is 13.9. The Morgan fingerprint density at radius 1 is 1.36 bits per heavy atom. The van der Waals surface area contributed by atoms with Crippen molar-refractivity contribution in [2.45, 2.75) is 45.1 Å². The van der Waals surface area contributed by atoms with Gasteiger partial charge < -0.3 is 10.8 Å². The van der Waals surface area contributed by atoms with Crippen LogP contribution < -0.4 is 5.73 Å². The average molecular weight is 299 g/mol. The number of aliphatic carboxylic acids is 1. The van der Waals surface area contributed by atoms with Crippen LogP contribution in [-0.2, 0) is 24.2 Å². The van der Waals surface area contributed by atoms with Gasteiger partial charge in [0.15, 0.2) is 0 Å². The van der Waals surface area contributed by atoms with Crippen LogP contribution in [0, 0.1) is 0 Å². The van der Waals surface area contributed by atoms with E-state index in [1.807, 2.05) is 35.9 Å². The van der Waals surface area contributed by atoms with E-state index in [0.717, 1.165) is 47.5 Å². The minimum Gasteiger partial charge on any atom is -0.481 e. The van der Waals surface area contributed by atoms with Gasteiger partial charge >= 0.3 is 5.97 Å². The summed E-state index contributed by atoms with van der Waals surface area (Å²) in [5.74, 6) is -0.320. The molecule has 0 bridgehead atoms. The second kappa shape index (κ2) is 5.83. The summed E-state index contributed by atoms with van der Waals surface area (Å²) < 4.78 is 2.00. The molecule has 0 unspecified atom stereocenters. The molecule has 0 amide bonds. The largest absolute Gasteiger partial charge is 0.481 e. The lowest BCUT2D eigenvalue weighted by Gasteiger charge is -2.09. The van der Waals surface area contributed by atoms with Gasteiger partial charge in [-0.2, -0.15) is 5.10 Å². The molecule has 1 heterocycles. The van der Waals surface area contributed by atoms with Crippen molar-refractivity contribution in [3.05, 3.63) is 46.8 Å². The molecule has 5 nitrogen and oxygen atoms in total. The molecule has 0 aliphatic heterocycles. The number of carbonyl (C=O) groups is 1. The van der Waals surface area contributed by atoms with Crippen molar-refractivity contribution in [3.63, 3.8) is 0 Å². The van der Waals surface area contributed by atoms with E-state index in [-0.39, 0.29) is 6.42 Å². The SMILES string of the molecule is CCc1nn(Cc2ccc(N)cc2)c(C2CC2)c1CC(=O)O. The fourth-order valence-corrected chi connectivity index (χ4v) is 2.92. The molecular weight excluding hydrogens is 278 g/mol. The standard InChI is InChI=1S/C17H21N3O2/c1-2-15-14(9-16(21)22)17(12-5-6-12)20(19-15)10-11-3-7-13(18)8-4-11/h3-4,7-8,12H,2,5-6,9-10,18H2,1H3,(H,21,22). The van der Waals surface area contributed by atoms with Crippen molar-refractivity contribution in [2.75, 3.05) is 5.73 Å². The number of aromatic nitrogens is 2. The zero-order chi connectivity index (χ0) is 15.7. The van der Waals surface area contributed by atoms with Crippen LogP contribution in [0.2, 0.25) is 0 Å². The molecule has 5 heteroatoms. The van der Waals surface area contributed by atoms with E-state index >= 15 is 0 Å². The molecule has 1 aliphatic carbocycles. The Morgan fingerprint density at radius 2 is 2.05 bits per heavy atom. The summed E-state index contributed by atoms with van der Waals surface area (Å²) in [4.78, 5) is 11.2. The number of rotatable bonds is 6. The van der Waals surface area contributed by atoms with Crippen LogP contribution in [0.5, 0.6) is 0 Å². The van der Waals surface area contributed by atoms with E-state index in [0.29, 0.717) is 12.5 Å². The third kappa shape index (κ3) is 2.98. The minimum atomic E-state index is -0.788. The van der Waals surface area contributed by atoms with E-state index in [1.54, 1.807) is 0 Å². The molecule has 0 spiro atoms. The van der Waals surface area contributed by atoms with Crippen LogP contribution in [0.25, 0.3) is 0 Å². The van der Waals surface area contributed by atoms with Crippen LogP contribution in [0.15, 0.2) is 24.3 Å². The molecule has 0 saturated heterocycles. The lowest BCUT2D eigenvalue weighted by Crippen LogP contribution is -2.08. The average Bonchev–Trinajstić information content (AvgIpc) is 3.25. The molecule has 22 heavy (non-hydrogen) atoms. The quantitative estimate of drug-likeness (QED) is 0.803. The van der Waals surface area contributed by atoms with Gasteiger partial charge in [-0.3, -0.25) is 9.48 Å². The number of benzene rings is 1. The first-order valence-electron chi connectivity index (χ1n) is 7.73. The normalized spacial score (nSPS) is 14.2. The van der Waals surface area contributed by atoms with Crippen molar-refractivity contribution in [1.29, 1.82) is 0 Å². The van der Waals surface area contributed by atoms with Crippen LogP contribution in [0.3, 0.4) is 0 Å². The number of nitrogen functional groups attached to an aromatic ring is 1. The highest BCUT2D eigenvalue weighted by atomic mass is 16.4. The first-order chi connectivity index (χ1) is 10.6.